The minimum Gasteiger partial charge on any atom is -0.465 e. The molecular weight excluding hydrogens is 206 g/mol. The fourth-order valence-electron chi connectivity index (χ4n) is 2.16. The van der Waals surface area contributed by atoms with Crippen LogP contribution in [0, 0.1) is 0 Å². The summed E-state index contributed by atoms with van der Waals surface area (Å²) in [5.41, 5.74) is 2.95. The van der Waals surface area contributed by atoms with Gasteiger partial charge in [-0.3, -0.25) is 0 Å². The summed E-state index contributed by atoms with van der Waals surface area (Å²) in [6, 6.07) is 5.77. The topological polar surface area (TPSA) is 60.8 Å². The van der Waals surface area contributed by atoms with E-state index in [0.717, 1.165) is 23.1 Å². The molecule has 0 fully saturated rings. The van der Waals surface area contributed by atoms with E-state index in [9.17, 15) is 9.90 Å². The first-order chi connectivity index (χ1) is 7.59. The van der Waals surface area contributed by atoms with Crippen molar-refractivity contribution in [2.24, 2.45) is 0 Å². The second-order valence-electron chi connectivity index (χ2n) is 4.12. The Morgan fingerprint density at radius 3 is 2.88 bits per heavy atom. The van der Waals surface area contributed by atoms with E-state index in [2.05, 4.69) is 0 Å². The van der Waals surface area contributed by atoms with Crippen molar-refractivity contribution in [1.82, 2.24) is 4.90 Å². The summed E-state index contributed by atoms with van der Waals surface area (Å²) in [5, 5.41) is 18.6. The molecule has 1 amide bonds. The summed E-state index contributed by atoms with van der Waals surface area (Å²) >= 11 is 0. The molecule has 1 aliphatic rings. The van der Waals surface area contributed by atoms with Crippen LogP contribution >= 0.6 is 0 Å². The molecule has 1 heterocycles. The quantitative estimate of drug-likeness (QED) is 0.759. The van der Waals surface area contributed by atoms with Gasteiger partial charge in [-0.1, -0.05) is 18.2 Å². The van der Waals surface area contributed by atoms with Crippen molar-refractivity contribution in [2.75, 3.05) is 6.54 Å². The first kappa shape index (κ1) is 11.0. The average Bonchev–Trinajstić information content (AvgIpc) is 2.27. The Balaban J connectivity index is 2.38. The Morgan fingerprint density at radius 1 is 1.50 bits per heavy atom. The van der Waals surface area contributed by atoms with Gasteiger partial charge in [0.1, 0.15) is 0 Å². The van der Waals surface area contributed by atoms with Crippen molar-refractivity contribution in [2.45, 2.75) is 26.0 Å². The number of hydrogen-bond acceptors (Lipinski definition) is 2. The Bertz CT molecular complexity index is 415. The number of carboxylic acid groups (broad SMARTS) is 1. The van der Waals surface area contributed by atoms with Crippen molar-refractivity contribution in [3.8, 4) is 0 Å². The number of hydrogen-bond donors (Lipinski definition) is 2. The molecule has 0 bridgehead atoms. The van der Waals surface area contributed by atoms with Crippen molar-refractivity contribution in [3.63, 3.8) is 0 Å². The van der Waals surface area contributed by atoms with Gasteiger partial charge in [-0.2, -0.15) is 0 Å². The predicted octanol–water partition coefficient (Wildman–Crippen LogP) is 1.78. The molecule has 1 atom stereocenters. The summed E-state index contributed by atoms with van der Waals surface area (Å²) in [4.78, 5) is 12.3. The first-order valence-corrected chi connectivity index (χ1v) is 5.36. The van der Waals surface area contributed by atoms with Gasteiger partial charge in [-0.25, -0.2) is 4.79 Å². The van der Waals surface area contributed by atoms with Gasteiger partial charge in [0.15, 0.2) is 0 Å². The third kappa shape index (κ3) is 1.88. The molecule has 0 saturated heterocycles. The summed E-state index contributed by atoms with van der Waals surface area (Å²) < 4.78 is 0. The zero-order chi connectivity index (χ0) is 11.7. The molecule has 0 aliphatic carbocycles. The molecule has 1 aliphatic heterocycles. The van der Waals surface area contributed by atoms with Gasteiger partial charge in [-0.15, -0.1) is 0 Å². The van der Waals surface area contributed by atoms with E-state index in [1.165, 1.54) is 4.90 Å². The lowest BCUT2D eigenvalue weighted by molar-refractivity contribution is 0.138. The number of aliphatic hydroxyl groups is 1. The second-order valence-corrected chi connectivity index (χ2v) is 4.12. The molecular formula is C12H15NO3. The molecule has 2 rings (SSSR count). The highest BCUT2D eigenvalue weighted by Crippen LogP contribution is 2.26. The summed E-state index contributed by atoms with van der Waals surface area (Å²) in [5.74, 6) is 0. The number of fused-ring (bicyclic) bond motifs is 1. The predicted molar refractivity (Wildman–Crippen MR) is 59.2 cm³/mol. The van der Waals surface area contributed by atoms with E-state index in [0.29, 0.717) is 13.1 Å². The molecule has 0 radical (unpaired) electrons. The lowest BCUT2D eigenvalue weighted by atomic mass is 9.93. The molecule has 0 spiro atoms. The molecule has 4 nitrogen and oxygen atoms in total. The summed E-state index contributed by atoms with van der Waals surface area (Å²) in [6.45, 7) is 2.62. The lowest BCUT2D eigenvalue weighted by Gasteiger charge is -2.28. The third-order valence-corrected chi connectivity index (χ3v) is 3.03. The van der Waals surface area contributed by atoms with Gasteiger partial charge >= 0.3 is 6.09 Å². The fourth-order valence-corrected chi connectivity index (χ4v) is 2.16. The number of aliphatic hydroxyl groups excluding tert-OH is 1. The van der Waals surface area contributed by atoms with Crippen molar-refractivity contribution in [1.29, 1.82) is 0 Å². The summed E-state index contributed by atoms with van der Waals surface area (Å²) in [6.07, 6.45) is -0.725. The van der Waals surface area contributed by atoms with Gasteiger partial charge in [-0.05, 0) is 30.0 Å². The molecule has 0 aromatic heterocycles. The highest BCUT2D eigenvalue weighted by Gasteiger charge is 2.22. The standard InChI is InChI=1S/C12H15NO3/c1-8(14)10-4-2-3-9-5-6-13(12(15)16)7-11(9)10/h2-4,8,14H,5-7H2,1H3,(H,15,16)/t8-/m0/s1. The zero-order valence-electron chi connectivity index (χ0n) is 9.18. The van der Waals surface area contributed by atoms with Crippen LogP contribution in [-0.2, 0) is 13.0 Å². The van der Waals surface area contributed by atoms with Crippen LogP contribution in [0.4, 0.5) is 4.79 Å². The maximum absolute atomic E-state index is 10.9. The number of rotatable bonds is 1. The van der Waals surface area contributed by atoms with Crippen LogP contribution in [0.5, 0.6) is 0 Å². The van der Waals surface area contributed by atoms with Crippen LogP contribution < -0.4 is 0 Å². The van der Waals surface area contributed by atoms with Crippen LogP contribution in [0.2, 0.25) is 0 Å². The Kier molecular flexibility index (Phi) is 2.83. The van der Waals surface area contributed by atoms with Gasteiger partial charge < -0.3 is 15.1 Å². The average molecular weight is 221 g/mol. The largest absolute Gasteiger partial charge is 0.465 e. The van der Waals surface area contributed by atoms with Crippen LogP contribution in [0.25, 0.3) is 0 Å². The Morgan fingerprint density at radius 2 is 2.25 bits per heavy atom. The van der Waals surface area contributed by atoms with Crippen molar-refractivity contribution in [3.05, 3.63) is 34.9 Å². The maximum atomic E-state index is 10.9. The highest BCUT2D eigenvalue weighted by atomic mass is 16.4. The van der Waals surface area contributed by atoms with Crippen molar-refractivity contribution < 1.29 is 15.0 Å². The SMILES string of the molecule is C[C@H](O)c1cccc2c1CN(C(=O)O)CC2. The maximum Gasteiger partial charge on any atom is 0.407 e. The Labute approximate surface area is 94.1 Å². The first-order valence-electron chi connectivity index (χ1n) is 5.36. The van der Waals surface area contributed by atoms with Gasteiger partial charge in [0.2, 0.25) is 0 Å². The molecule has 86 valence electrons. The number of amides is 1. The number of nitrogens with zero attached hydrogens (tertiary/aromatic N) is 1. The van der Waals surface area contributed by atoms with E-state index in [1.807, 2.05) is 18.2 Å². The smallest absolute Gasteiger partial charge is 0.407 e. The molecule has 0 saturated carbocycles. The summed E-state index contributed by atoms with van der Waals surface area (Å²) in [7, 11) is 0. The molecule has 16 heavy (non-hydrogen) atoms. The van der Waals surface area contributed by atoms with Crippen LogP contribution in [0.1, 0.15) is 29.7 Å². The van der Waals surface area contributed by atoms with Crippen LogP contribution in [0.3, 0.4) is 0 Å². The number of benzene rings is 1. The second kappa shape index (κ2) is 4.14. The van der Waals surface area contributed by atoms with Gasteiger partial charge in [0.05, 0.1) is 6.10 Å². The minimum absolute atomic E-state index is 0.381. The molecule has 4 heteroatoms. The fraction of sp³-hybridized carbons (Fsp3) is 0.417. The monoisotopic (exact) mass is 221 g/mol. The van der Waals surface area contributed by atoms with E-state index >= 15 is 0 Å². The van der Waals surface area contributed by atoms with Gasteiger partial charge in [0, 0.05) is 13.1 Å². The van der Waals surface area contributed by atoms with E-state index < -0.39 is 12.2 Å². The molecule has 2 N–H and O–H groups in total. The minimum atomic E-state index is -0.897. The van der Waals surface area contributed by atoms with Gasteiger partial charge in [0.25, 0.3) is 0 Å². The zero-order valence-corrected chi connectivity index (χ0v) is 9.18. The van der Waals surface area contributed by atoms with E-state index in [1.54, 1.807) is 6.92 Å². The normalized spacial score (nSPS) is 16.8. The Hall–Kier alpha value is -1.55. The van der Waals surface area contributed by atoms with E-state index in [-0.39, 0.29) is 0 Å². The third-order valence-electron chi connectivity index (χ3n) is 3.03. The van der Waals surface area contributed by atoms with E-state index in [4.69, 9.17) is 5.11 Å². The van der Waals surface area contributed by atoms with Crippen molar-refractivity contribution >= 4 is 6.09 Å². The lowest BCUT2D eigenvalue weighted by Crippen LogP contribution is -2.35. The van der Waals surface area contributed by atoms with Crippen LogP contribution in [0.15, 0.2) is 18.2 Å². The molecule has 1 aromatic carbocycles. The number of carbonyl (C=O) groups is 1. The highest BCUT2D eigenvalue weighted by molar-refractivity contribution is 5.65. The molecule has 1 aromatic rings. The van der Waals surface area contributed by atoms with Crippen LogP contribution in [-0.4, -0.2) is 27.8 Å². The molecule has 0 unspecified atom stereocenters.